The van der Waals surface area contributed by atoms with E-state index in [1.807, 2.05) is 0 Å². The highest BCUT2D eigenvalue weighted by molar-refractivity contribution is 5.94. The molecule has 0 aliphatic carbocycles. The summed E-state index contributed by atoms with van der Waals surface area (Å²) >= 11 is 0. The van der Waals surface area contributed by atoms with Gasteiger partial charge in [-0.05, 0) is 19.1 Å². The minimum atomic E-state index is -2.51. The number of amides is 1. The van der Waals surface area contributed by atoms with Crippen molar-refractivity contribution in [2.45, 2.75) is 13.3 Å². The zero-order chi connectivity index (χ0) is 11.4. The maximum absolute atomic E-state index is 12.0. The summed E-state index contributed by atoms with van der Waals surface area (Å²) in [6, 6.07) is 3.08. The Balaban J connectivity index is 2.76. The van der Waals surface area contributed by atoms with Gasteiger partial charge in [0.05, 0.1) is 6.54 Å². The minimum Gasteiger partial charge on any atom is -0.336 e. The SMILES string of the molecule is Cc1cc(C(=O)N(C)CC(F)F)ccn1. The summed E-state index contributed by atoms with van der Waals surface area (Å²) in [7, 11) is 1.35. The quantitative estimate of drug-likeness (QED) is 0.767. The molecule has 0 aliphatic rings. The number of rotatable bonds is 3. The number of pyridine rings is 1. The van der Waals surface area contributed by atoms with Crippen LogP contribution in [0.5, 0.6) is 0 Å². The second kappa shape index (κ2) is 4.82. The molecule has 1 aromatic rings. The summed E-state index contributed by atoms with van der Waals surface area (Å²) in [6.07, 6.45) is -1.03. The van der Waals surface area contributed by atoms with E-state index in [9.17, 15) is 13.6 Å². The maximum Gasteiger partial charge on any atom is 0.255 e. The number of carbonyl (C=O) groups excluding carboxylic acids is 1. The van der Waals surface area contributed by atoms with Gasteiger partial charge in [0.1, 0.15) is 0 Å². The summed E-state index contributed by atoms with van der Waals surface area (Å²) in [5, 5.41) is 0. The predicted octanol–water partition coefficient (Wildman–Crippen LogP) is 1.73. The molecule has 0 aromatic carbocycles. The fourth-order valence-corrected chi connectivity index (χ4v) is 1.19. The number of carbonyl (C=O) groups is 1. The van der Waals surface area contributed by atoms with Gasteiger partial charge in [0.15, 0.2) is 0 Å². The third-order valence-corrected chi connectivity index (χ3v) is 1.90. The zero-order valence-electron chi connectivity index (χ0n) is 8.58. The number of aromatic nitrogens is 1. The molecular formula is C10H12F2N2O. The van der Waals surface area contributed by atoms with E-state index in [1.165, 1.54) is 19.3 Å². The van der Waals surface area contributed by atoms with Crippen LogP contribution < -0.4 is 0 Å². The maximum atomic E-state index is 12.0. The topological polar surface area (TPSA) is 33.2 Å². The molecule has 1 rings (SSSR count). The normalized spacial score (nSPS) is 10.5. The average molecular weight is 214 g/mol. The van der Waals surface area contributed by atoms with Crippen LogP contribution in [0.3, 0.4) is 0 Å². The number of hydrogen-bond donors (Lipinski definition) is 0. The van der Waals surface area contributed by atoms with Gasteiger partial charge < -0.3 is 4.90 Å². The van der Waals surface area contributed by atoms with Gasteiger partial charge in [-0.3, -0.25) is 9.78 Å². The highest BCUT2D eigenvalue weighted by Gasteiger charge is 2.15. The summed E-state index contributed by atoms with van der Waals surface area (Å²) in [4.78, 5) is 16.5. The van der Waals surface area contributed by atoms with Gasteiger partial charge >= 0.3 is 0 Å². The molecule has 0 radical (unpaired) electrons. The van der Waals surface area contributed by atoms with E-state index in [4.69, 9.17) is 0 Å². The van der Waals surface area contributed by atoms with Crippen LogP contribution in [0.25, 0.3) is 0 Å². The predicted molar refractivity (Wildman–Crippen MR) is 51.9 cm³/mol. The van der Waals surface area contributed by atoms with Gasteiger partial charge in [0.2, 0.25) is 0 Å². The second-order valence-corrected chi connectivity index (χ2v) is 3.26. The Morgan fingerprint density at radius 1 is 1.60 bits per heavy atom. The first-order chi connectivity index (χ1) is 7.00. The molecule has 0 saturated carbocycles. The highest BCUT2D eigenvalue weighted by Crippen LogP contribution is 2.06. The molecule has 1 aromatic heterocycles. The largest absolute Gasteiger partial charge is 0.336 e. The Bertz CT molecular complexity index is 355. The summed E-state index contributed by atoms with van der Waals surface area (Å²) in [5.41, 5.74) is 1.07. The monoisotopic (exact) mass is 214 g/mol. The Labute approximate surface area is 86.7 Å². The minimum absolute atomic E-state index is 0.380. The Morgan fingerprint density at radius 2 is 2.27 bits per heavy atom. The van der Waals surface area contributed by atoms with Crippen LogP contribution in [-0.4, -0.2) is 35.8 Å². The number of alkyl halides is 2. The molecule has 82 valence electrons. The van der Waals surface area contributed by atoms with Crippen LogP contribution in [0.2, 0.25) is 0 Å². The first-order valence-electron chi connectivity index (χ1n) is 4.47. The lowest BCUT2D eigenvalue weighted by Gasteiger charge is -2.16. The smallest absolute Gasteiger partial charge is 0.255 e. The molecule has 0 spiro atoms. The van der Waals surface area contributed by atoms with Crippen molar-refractivity contribution >= 4 is 5.91 Å². The number of hydrogen-bond acceptors (Lipinski definition) is 2. The number of aryl methyl sites for hydroxylation is 1. The molecule has 0 fully saturated rings. The molecule has 1 heterocycles. The van der Waals surface area contributed by atoms with Crippen LogP contribution in [0.1, 0.15) is 16.1 Å². The molecule has 15 heavy (non-hydrogen) atoms. The highest BCUT2D eigenvalue weighted by atomic mass is 19.3. The van der Waals surface area contributed by atoms with Crippen molar-refractivity contribution in [3.63, 3.8) is 0 Å². The Hall–Kier alpha value is -1.52. The summed E-state index contributed by atoms with van der Waals surface area (Å²) < 4.78 is 24.1. The van der Waals surface area contributed by atoms with E-state index < -0.39 is 18.9 Å². The van der Waals surface area contributed by atoms with Crippen molar-refractivity contribution in [1.29, 1.82) is 0 Å². The zero-order valence-corrected chi connectivity index (χ0v) is 8.58. The third-order valence-electron chi connectivity index (χ3n) is 1.90. The number of nitrogens with zero attached hydrogens (tertiary/aromatic N) is 2. The molecule has 0 saturated heterocycles. The van der Waals surface area contributed by atoms with Gasteiger partial charge in [-0.25, -0.2) is 8.78 Å². The molecule has 3 nitrogen and oxygen atoms in total. The van der Waals surface area contributed by atoms with Crippen LogP contribution in [0.15, 0.2) is 18.3 Å². The number of halogens is 2. The van der Waals surface area contributed by atoms with E-state index in [1.54, 1.807) is 13.0 Å². The lowest BCUT2D eigenvalue weighted by Crippen LogP contribution is -2.31. The van der Waals surface area contributed by atoms with Crippen LogP contribution in [0, 0.1) is 6.92 Å². The molecule has 0 N–H and O–H groups in total. The van der Waals surface area contributed by atoms with Gasteiger partial charge in [-0.1, -0.05) is 0 Å². The molecule has 0 atom stereocenters. The molecule has 0 bridgehead atoms. The standard InChI is InChI=1S/C10H12F2N2O/c1-7-5-8(3-4-13-7)10(15)14(2)6-9(11)12/h3-5,9H,6H2,1-2H3. The first kappa shape index (κ1) is 11.6. The third kappa shape index (κ3) is 3.27. The van der Waals surface area contributed by atoms with Crippen molar-refractivity contribution < 1.29 is 13.6 Å². The fourth-order valence-electron chi connectivity index (χ4n) is 1.19. The lowest BCUT2D eigenvalue weighted by atomic mass is 10.2. The van der Waals surface area contributed by atoms with E-state index in [-0.39, 0.29) is 0 Å². The molecular weight excluding hydrogens is 202 g/mol. The Kier molecular flexibility index (Phi) is 3.71. The van der Waals surface area contributed by atoms with Crippen molar-refractivity contribution in [2.24, 2.45) is 0 Å². The fraction of sp³-hybridized carbons (Fsp3) is 0.400. The van der Waals surface area contributed by atoms with Crippen LogP contribution in [0.4, 0.5) is 8.78 Å². The van der Waals surface area contributed by atoms with E-state index in [0.29, 0.717) is 11.3 Å². The van der Waals surface area contributed by atoms with E-state index in [2.05, 4.69) is 4.98 Å². The second-order valence-electron chi connectivity index (χ2n) is 3.26. The van der Waals surface area contributed by atoms with Crippen molar-refractivity contribution in [3.05, 3.63) is 29.6 Å². The average Bonchev–Trinajstić information content (AvgIpc) is 2.15. The van der Waals surface area contributed by atoms with Crippen molar-refractivity contribution in [3.8, 4) is 0 Å². The van der Waals surface area contributed by atoms with Gasteiger partial charge in [-0.15, -0.1) is 0 Å². The van der Waals surface area contributed by atoms with Crippen molar-refractivity contribution in [1.82, 2.24) is 9.88 Å². The van der Waals surface area contributed by atoms with E-state index in [0.717, 1.165) is 4.90 Å². The molecule has 5 heteroatoms. The first-order valence-corrected chi connectivity index (χ1v) is 4.47. The lowest BCUT2D eigenvalue weighted by molar-refractivity contribution is 0.0620. The molecule has 0 aliphatic heterocycles. The van der Waals surface area contributed by atoms with Gasteiger partial charge in [-0.2, -0.15) is 0 Å². The van der Waals surface area contributed by atoms with Gasteiger partial charge in [0.25, 0.3) is 12.3 Å². The van der Waals surface area contributed by atoms with Crippen molar-refractivity contribution in [2.75, 3.05) is 13.6 Å². The van der Waals surface area contributed by atoms with E-state index >= 15 is 0 Å². The van der Waals surface area contributed by atoms with Crippen LogP contribution >= 0.6 is 0 Å². The molecule has 1 amide bonds. The van der Waals surface area contributed by atoms with Crippen LogP contribution in [-0.2, 0) is 0 Å². The summed E-state index contributed by atoms with van der Waals surface area (Å²) in [5.74, 6) is -0.416. The molecule has 0 unspecified atom stereocenters. The summed E-state index contributed by atoms with van der Waals surface area (Å²) in [6.45, 7) is 1.18. The van der Waals surface area contributed by atoms with Gasteiger partial charge in [0, 0.05) is 24.5 Å². The Morgan fingerprint density at radius 3 is 2.80 bits per heavy atom.